The lowest BCUT2D eigenvalue weighted by Crippen LogP contribution is -2.46. The zero-order valence-electron chi connectivity index (χ0n) is 13.3. The standard InChI is InChI=1S/C19H20N4/c1-15-5-6-17-16(14-15)18(7-9-20-17)22-10-12-23(13-11-22)19-4-2-3-8-21-19/h2-9,14H,10-13H2,1H3. The molecule has 0 N–H and O–H groups in total. The van der Waals surface area contributed by atoms with E-state index >= 15 is 0 Å². The number of fused-ring (bicyclic) bond motifs is 1. The van der Waals surface area contributed by atoms with Crippen LogP contribution in [0.15, 0.2) is 54.9 Å². The van der Waals surface area contributed by atoms with Gasteiger partial charge in [0.15, 0.2) is 0 Å². The largest absolute Gasteiger partial charge is 0.367 e. The van der Waals surface area contributed by atoms with Crippen molar-refractivity contribution >= 4 is 22.4 Å². The normalized spacial score (nSPS) is 15.2. The summed E-state index contributed by atoms with van der Waals surface area (Å²) >= 11 is 0. The maximum absolute atomic E-state index is 4.49. The van der Waals surface area contributed by atoms with Crippen molar-refractivity contribution in [3.8, 4) is 0 Å². The monoisotopic (exact) mass is 304 g/mol. The number of anilines is 2. The number of aromatic nitrogens is 2. The molecular formula is C19H20N4. The molecule has 0 unspecified atom stereocenters. The van der Waals surface area contributed by atoms with Crippen molar-refractivity contribution in [2.24, 2.45) is 0 Å². The Balaban J connectivity index is 1.58. The summed E-state index contributed by atoms with van der Waals surface area (Å²) in [7, 11) is 0. The molecule has 4 rings (SSSR count). The number of benzene rings is 1. The fourth-order valence-corrected chi connectivity index (χ4v) is 3.24. The van der Waals surface area contributed by atoms with Crippen molar-refractivity contribution in [3.05, 3.63) is 60.4 Å². The molecule has 2 aromatic heterocycles. The third-order valence-electron chi connectivity index (χ3n) is 4.47. The van der Waals surface area contributed by atoms with E-state index in [4.69, 9.17) is 0 Å². The minimum atomic E-state index is 0.993. The molecule has 1 fully saturated rings. The van der Waals surface area contributed by atoms with Gasteiger partial charge in [-0.15, -0.1) is 0 Å². The first-order valence-corrected chi connectivity index (χ1v) is 8.07. The number of nitrogens with zero attached hydrogens (tertiary/aromatic N) is 4. The molecule has 23 heavy (non-hydrogen) atoms. The molecule has 0 bridgehead atoms. The molecule has 1 aliphatic rings. The topological polar surface area (TPSA) is 32.3 Å². The molecule has 1 aromatic carbocycles. The Morgan fingerprint density at radius 3 is 2.43 bits per heavy atom. The zero-order valence-corrected chi connectivity index (χ0v) is 13.3. The maximum Gasteiger partial charge on any atom is 0.128 e. The van der Waals surface area contributed by atoms with Crippen molar-refractivity contribution in [2.45, 2.75) is 6.92 Å². The summed E-state index contributed by atoms with van der Waals surface area (Å²) < 4.78 is 0. The number of aryl methyl sites for hydroxylation is 1. The van der Waals surface area contributed by atoms with Crippen LogP contribution in [0.3, 0.4) is 0 Å². The van der Waals surface area contributed by atoms with Crippen LogP contribution in [0.5, 0.6) is 0 Å². The summed E-state index contributed by atoms with van der Waals surface area (Å²) in [4.78, 5) is 13.8. The first-order valence-electron chi connectivity index (χ1n) is 8.07. The van der Waals surface area contributed by atoms with Gasteiger partial charge in [0.2, 0.25) is 0 Å². The van der Waals surface area contributed by atoms with E-state index in [9.17, 15) is 0 Å². The second-order valence-electron chi connectivity index (χ2n) is 6.01. The Morgan fingerprint density at radius 2 is 1.65 bits per heavy atom. The van der Waals surface area contributed by atoms with Crippen molar-refractivity contribution in [3.63, 3.8) is 0 Å². The molecule has 0 aliphatic carbocycles. The second kappa shape index (κ2) is 5.88. The molecular weight excluding hydrogens is 284 g/mol. The Hall–Kier alpha value is -2.62. The first-order chi connectivity index (χ1) is 11.3. The van der Waals surface area contributed by atoms with Gasteiger partial charge in [0.1, 0.15) is 5.82 Å². The van der Waals surface area contributed by atoms with Gasteiger partial charge < -0.3 is 9.80 Å². The molecule has 0 saturated carbocycles. The summed E-state index contributed by atoms with van der Waals surface area (Å²) in [6.45, 7) is 6.13. The van der Waals surface area contributed by atoms with Gasteiger partial charge >= 0.3 is 0 Å². The number of piperazine rings is 1. The van der Waals surface area contributed by atoms with E-state index in [0.29, 0.717) is 0 Å². The van der Waals surface area contributed by atoms with E-state index in [0.717, 1.165) is 37.5 Å². The van der Waals surface area contributed by atoms with Crippen LogP contribution in [-0.2, 0) is 0 Å². The molecule has 3 aromatic rings. The van der Waals surface area contributed by atoms with Crippen molar-refractivity contribution in [1.82, 2.24) is 9.97 Å². The lowest BCUT2D eigenvalue weighted by atomic mass is 10.1. The van der Waals surface area contributed by atoms with Gasteiger partial charge in [0.05, 0.1) is 5.52 Å². The van der Waals surface area contributed by atoms with Crippen molar-refractivity contribution in [1.29, 1.82) is 0 Å². The number of hydrogen-bond acceptors (Lipinski definition) is 4. The number of pyridine rings is 2. The predicted molar refractivity (Wildman–Crippen MR) is 95.1 cm³/mol. The van der Waals surface area contributed by atoms with Crippen molar-refractivity contribution < 1.29 is 0 Å². The van der Waals surface area contributed by atoms with E-state index < -0.39 is 0 Å². The minimum Gasteiger partial charge on any atom is -0.367 e. The van der Waals surface area contributed by atoms with E-state index in [2.05, 4.69) is 57.0 Å². The summed E-state index contributed by atoms with van der Waals surface area (Å²) in [6.07, 6.45) is 3.78. The quantitative estimate of drug-likeness (QED) is 0.727. The Labute approximate surface area is 136 Å². The highest BCUT2D eigenvalue weighted by Crippen LogP contribution is 2.27. The molecule has 0 spiro atoms. The van der Waals surface area contributed by atoms with E-state index in [1.54, 1.807) is 0 Å². The van der Waals surface area contributed by atoms with Crippen LogP contribution in [0.25, 0.3) is 10.9 Å². The third kappa shape index (κ3) is 2.72. The van der Waals surface area contributed by atoms with Crippen LogP contribution < -0.4 is 9.80 Å². The molecule has 1 saturated heterocycles. The summed E-state index contributed by atoms with van der Waals surface area (Å²) in [5.74, 6) is 1.07. The Morgan fingerprint density at radius 1 is 0.826 bits per heavy atom. The fraction of sp³-hybridized carbons (Fsp3) is 0.263. The second-order valence-corrected chi connectivity index (χ2v) is 6.01. The molecule has 4 heteroatoms. The van der Waals surface area contributed by atoms with Crippen LogP contribution in [0.4, 0.5) is 11.5 Å². The fourth-order valence-electron chi connectivity index (χ4n) is 3.24. The van der Waals surface area contributed by atoms with E-state index in [-0.39, 0.29) is 0 Å². The predicted octanol–water partition coefficient (Wildman–Crippen LogP) is 3.26. The van der Waals surface area contributed by atoms with Gasteiger partial charge in [-0.1, -0.05) is 17.7 Å². The molecule has 0 amide bonds. The maximum atomic E-state index is 4.49. The summed E-state index contributed by atoms with van der Waals surface area (Å²) in [5, 5.41) is 1.25. The van der Waals surface area contributed by atoms with E-state index in [1.807, 2.05) is 24.5 Å². The SMILES string of the molecule is Cc1ccc2nccc(N3CCN(c4ccccn4)CC3)c2c1. The Kier molecular flexibility index (Phi) is 3.58. The van der Waals surface area contributed by atoms with Crippen LogP contribution in [0.1, 0.15) is 5.56 Å². The van der Waals surface area contributed by atoms with Crippen LogP contribution in [0, 0.1) is 6.92 Å². The molecule has 4 nitrogen and oxygen atoms in total. The molecule has 0 atom stereocenters. The average Bonchev–Trinajstić information content (AvgIpc) is 2.62. The highest BCUT2D eigenvalue weighted by molar-refractivity contribution is 5.92. The van der Waals surface area contributed by atoms with Gasteiger partial charge in [-0.2, -0.15) is 0 Å². The van der Waals surface area contributed by atoms with Crippen molar-refractivity contribution in [2.75, 3.05) is 36.0 Å². The van der Waals surface area contributed by atoms with Gasteiger partial charge in [0, 0.05) is 49.6 Å². The highest BCUT2D eigenvalue weighted by atomic mass is 15.3. The number of hydrogen-bond donors (Lipinski definition) is 0. The van der Waals surface area contributed by atoms with Gasteiger partial charge in [-0.25, -0.2) is 4.98 Å². The zero-order chi connectivity index (χ0) is 15.6. The van der Waals surface area contributed by atoms with Crippen LogP contribution in [0.2, 0.25) is 0 Å². The van der Waals surface area contributed by atoms with E-state index in [1.165, 1.54) is 16.6 Å². The summed E-state index contributed by atoms with van der Waals surface area (Å²) in [5.41, 5.74) is 3.64. The van der Waals surface area contributed by atoms with Gasteiger partial charge in [-0.3, -0.25) is 4.98 Å². The molecule has 0 radical (unpaired) electrons. The average molecular weight is 304 g/mol. The Bertz CT molecular complexity index is 808. The van der Waals surface area contributed by atoms with Crippen LogP contribution >= 0.6 is 0 Å². The van der Waals surface area contributed by atoms with Crippen LogP contribution in [-0.4, -0.2) is 36.1 Å². The lowest BCUT2D eigenvalue weighted by molar-refractivity contribution is 0.649. The first kappa shape index (κ1) is 14.0. The third-order valence-corrected chi connectivity index (χ3v) is 4.47. The number of rotatable bonds is 2. The smallest absolute Gasteiger partial charge is 0.128 e. The molecule has 3 heterocycles. The minimum absolute atomic E-state index is 0.993. The highest BCUT2D eigenvalue weighted by Gasteiger charge is 2.19. The molecule has 116 valence electrons. The van der Waals surface area contributed by atoms with Gasteiger partial charge in [0.25, 0.3) is 0 Å². The molecule has 1 aliphatic heterocycles. The summed E-state index contributed by atoms with van der Waals surface area (Å²) in [6, 6.07) is 14.7. The lowest BCUT2D eigenvalue weighted by Gasteiger charge is -2.37. The van der Waals surface area contributed by atoms with Gasteiger partial charge in [-0.05, 0) is 37.3 Å².